The molecule has 5 heteroatoms. The van der Waals surface area contributed by atoms with Gasteiger partial charge in [-0.2, -0.15) is 0 Å². The van der Waals surface area contributed by atoms with Crippen LogP contribution in [0.5, 0.6) is 0 Å². The van der Waals surface area contributed by atoms with Crippen LogP contribution in [-0.2, 0) is 12.0 Å². The quantitative estimate of drug-likeness (QED) is 0.779. The number of aryl methyl sites for hydroxylation is 1. The summed E-state index contributed by atoms with van der Waals surface area (Å²) < 4.78 is 10.9. The molecule has 0 fully saturated rings. The van der Waals surface area contributed by atoms with Crippen molar-refractivity contribution >= 4 is 16.9 Å². The van der Waals surface area contributed by atoms with Gasteiger partial charge in [0.15, 0.2) is 5.76 Å². The van der Waals surface area contributed by atoms with Crippen LogP contribution in [0.25, 0.3) is 11.0 Å². The standard InChI is InChI=1S/C18H17NO4/c20-17(16-10-12-4-1-2-5-14(12)23-16)19-11-18(21)8-3-6-15-13(18)7-9-22-15/h1-2,4-5,7,9-10,21H,3,6,8,11H2,(H,19,20). The smallest absolute Gasteiger partial charge is 0.287 e. The number of benzene rings is 1. The van der Waals surface area contributed by atoms with Crippen LogP contribution in [-0.4, -0.2) is 17.6 Å². The Morgan fingerprint density at radius 2 is 2.17 bits per heavy atom. The molecule has 1 aliphatic rings. The maximum atomic E-state index is 12.3. The molecule has 0 spiro atoms. The van der Waals surface area contributed by atoms with E-state index in [4.69, 9.17) is 8.83 Å². The lowest BCUT2D eigenvalue weighted by Crippen LogP contribution is -2.42. The van der Waals surface area contributed by atoms with E-state index in [1.807, 2.05) is 24.3 Å². The van der Waals surface area contributed by atoms with Crippen molar-refractivity contribution < 1.29 is 18.7 Å². The Morgan fingerprint density at radius 1 is 1.30 bits per heavy atom. The lowest BCUT2D eigenvalue weighted by atomic mass is 9.83. The van der Waals surface area contributed by atoms with Crippen molar-refractivity contribution in [1.82, 2.24) is 5.32 Å². The molecule has 2 aromatic heterocycles. The zero-order chi connectivity index (χ0) is 15.9. The average Bonchev–Trinajstić information content (AvgIpc) is 3.20. The van der Waals surface area contributed by atoms with Gasteiger partial charge in [-0.1, -0.05) is 18.2 Å². The van der Waals surface area contributed by atoms with E-state index < -0.39 is 5.60 Å². The fourth-order valence-corrected chi connectivity index (χ4v) is 3.22. The number of carbonyl (C=O) groups excluding carboxylic acids is 1. The first kappa shape index (κ1) is 14.1. The van der Waals surface area contributed by atoms with E-state index in [2.05, 4.69) is 5.32 Å². The molecule has 1 atom stereocenters. The fourth-order valence-electron chi connectivity index (χ4n) is 3.22. The Labute approximate surface area is 132 Å². The van der Waals surface area contributed by atoms with Crippen LogP contribution in [0, 0.1) is 0 Å². The number of hydrogen-bond donors (Lipinski definition) is 2. The van der Waals surface area contributed by atoms with Crippen molar-refractivity contribution in [1.29, 1.82) is 0 Å². The summed E-state index contributed by atoms with van der Waals surface area (Å²) in [6, 6.07) is 10.9. The summed E-state index contributed by atoms with van der Waals surface area (Å²) in [7, 11) is 0. The summed E-state index contributed by atoms with van der Waals surface area (Å²) in [6.07, 6.45) is 3.83. The highest BCUT2D eigenvalue weighted by atomic mass is 16.3. The zero-order valence-corrected chi connectivity index (χ0v) is 12.5. The van der Waals surface area contributed by atoms with E-state index in [-0.39, 0.29) is 18.2 Å². The van der Waals surface area contributed by atoms with Gasteiger partial charge in [-0.25, -0.2) is 0 Å². The van der Waals surface area contributed by atoms with E-state index >= 15 is 0 Å². The van der Waals surface area contributed by atoms with Crippen LogP contribution in [0.2, 0.25) is 0 Å². The number of fused-ring (bicyclic) bond motifs is 2. The number of rotatable bonds is 3. The third kappa shape index (κ3) is 2.43. The number of para-hydroxylation sites is 1. The SMILES string of the molecule is O=C(NCC1(O)CCCc2occc21)c1cc2ccccc2o1. The van der Waals surface area contributed by atoms with Gasteiger partial charge in [0, 0.05) is 17.4 Å². The minimum absolute atomic E-state index is 0.134. The predicted molar refractivity (Wildman–Crippen MR) is 84.1 cm³/mol. The number of hydrogen-bond acceptors (Lipinski definition) is 4. The minimum atomic E-state index is -1.08. The van der Waals surface area contributed by atoms with Crippen molar-refractivity contribution in [3.8, 4) is 0 Å². The zero-order valence-electron chi connectivity index (χ0n) is 12.5. The summed E-state index contributed by atoms with van der Waals surface area (Å²) >= 11 is 0. The monoisotopic (exact) mass is 311 g/mol. The molecule has 0 aliphatic heterocycles. The van der Waals surface area contributed by atoms with Gasteiger partial charge in [-0.05, 0) is 31.0 Å². The fraction of sp³-hybridized carbons (Fsp3) is 0.278. The van der Waals surface area contributed by atoms with Crippen molar-refractivity contribution in [2.75, 3.05) is 6.54 Å². The molecule has 0 saturated heterocycles. The molecule has 2 heterocycles. The first-order valence-corrected chi connectivity index (χ1v) is 7.72. The van der Waals surface area contributed by atoms with E-state index in [0.29, 0.717) is 12.0 Å². The molecule has 0 radical (unpaired) electrons. The molecule has 2 N–H and O–H groups in total. The van der Waals surface area contributed by atoms with Gasteiger partial charge in [0.25, 0.3) is 5.91 Å². The lowest BCUT2D eigenvalue weighted by molar-refractivity contribution is 0.0166. The Hall–Kier alpha value is -2.53. The first-order valence-electron chi connectivity index (χ1n) is 7.72. The Balaban J connectivity index is 1.52. The second-order valence-electron chi connectivity index (χ2n) is 5.97. The summed E-state index contributed by atoms with van der Waals surface area (Å²) in [5.74, 6) is 0.722. The molecule has 1 aromatic carbocycles. The summed E-state index contributed by atoms with van der Waals surface area (Å²) in [6.45, 7) is 0.134. The van der Waals surface area contributed by atoms with E-state index in [1.54, 1.807) is 18.4 Å². The van der Waals surface area contributed by atoms with Gasteiger partial charge in [-0.3, -0.25) is 4.79 Å². The normalized spacial score (nSPS) is 20.4. The van der Waals surface area contributed by atoms with Crippen molar-refractivity contribution in [2.24, 2.45) is 0 Å². The molecule has 5 nitrogen and oxygen atoms in total. The summed E-state index contributed by atoms with van der Waals surface area (Å²) in [5, 5.41) is 14.5. The molecule has 0 bridgehead atoms. The summed E-state index contributed by atoms with van der Waals surface area (Å²) in [5.41, 5.74) is 0.363. The van der Waals surface area contributed by atoms with Crippen molar-refractivity contribution in [3.05, 3.63) is 59.7 Å². The molecular formula is C18H17NO4. The highest BCUT2D eigenvalue weighted by molar-refractivity contribution is 5.96. The molecule has 118 valence electrons. The minimum Gasteiger partial charge on any atom is -0.469 e. The van der Waals surface area contributed by atoms with Crippen LogP contribution in [0.1, 0.15) is 34.7 Å². The molecular weight excluding hydrogens is 294 g/mol. The molecule has 23 heavy (non-hydrogen) atoms. The van der Waals surface area contributed by atoms with Crippen LogP contribution in [0.3, 0.4) is 0 Å². The van der Waals surface area contributed by atoms with Gasteiger partial charge in [-0.15, -0.1) is 0 Å². The molecule has 1 unspecified atom stereocenters. The molecule has 4 rings (SSSR count). The number of furan rings is 2. The number of aliphatic hydroxyl groups is 1. The van der Waals surface area contributed by atoms with Gasteiger partial charge in [0.2, 0.25) is 0 Å². The van der Waals surface area contributed by atoms with Crippen molar-refractivity contribution in [2.45, 2.75) is 24.9 Å². The van der Waals surface area contributed by atoms with E-state index in [1.165, 1.54) is 0 Å². The highest BCUT2D eigenvalue weighted by Crippen LogP contribution is 2.35. The number of carbonyl (C=O) groups is 1. The van der Waals surface area contributed by atoms with E-state index in [9.17, 15) is 9.90 Å². The largest absolute Gasteiger partial charge is 0.469 e. The van der Waals surface area contributed by atoms with Crippen LogP contribution < -0.4 is 5.32 Å². The third-order valence-electron chi connectivity index (χ3n) is 4.43. The van der Waals surface area contributed by atoms with Gasteiger partial charge in [0.05, 0.1) is 12.8 Å². The molecule has 0 saturated carbocycles. The highest BCUT2D eigenvalue weighted by Gasteiger charge is 2.36. The maximum absolute atomic E-state index is 12.3. The number of amides is 1. The number of nitrogens with one attached hydrogen (secondary N) is 1. The molecule has 1 aliphatic carbocycles. The second kappa shape index (κ2) is 5.28. The third-order valence-corrected chi connectivity index (χ3v) is 4.43. The Morgan fingerprint density at radius 3 is 3.04 bits per heavy atom. The maximum Gasteiger partial charge on any atom is 0.287 e. The van der Waals surface area contributed by atoms with Gasteiger partial charge >= 0.3 is 0 Å². The van der Waals surface area contributed by atoms with Crippen LogP contribution in [0.4, 0.5) is 0 Å². The predicted octanol–water partition coefficient (Wildman–Crippen LogP) is 2.98. The van der Waals surface area contributed by atoms with Gasteiger partial charge < -0.3 is 19.3 Å². The summed E-state index contributed by atoms with van der Waals surface area (Å²) in [4.78, 5) is 12.3. The average molecular weight is 311 g/mol. The van der Waals surface area contributed by atoms with Crippen LogP contribution in [0.15, 0.2) is 51.5 Å². The Kier molecular flexibility index (Phi) is 3.23. The van der Waals surface area contributed by atoms with Gasteiger partial charge in [0.1, 0.15) is 16.9 Å². The molecule has 1 amide bonds. The van der Waals surface area contributed by atoms with Crippen LogP contribution >= 0.6 is 0 Å². The topological polar surface area (TPSA) is 75.6 Å². The lowest BCUT2D eigenvalue weighted by Gasteiger charge is -2.31. The molecule has 3 aromatic rings. The van der Waals surface area contributed by atoms with E-state index in [0.717, 1.165) is 29.6 Å². The van der Waals surface area contributed by atoms with Crippen molar-refractivity contribution in [3.63, 3.8) is 0 Å². The Bertz CT molecular complexity index is 830. The first-order chi connectivity index (χ1) is 11.2. The second-order valence-corrected chi connectivity index (χ2v) is 5.97.